The third-order valence-electron chi connectivity index (χ3n) is 6.34. The van der Waals surface area contributed by atoms with E-state index in [0.717, 1.165) is 46.4 Å². The van der Waals surface area contributed by atoms with Crippen molar-refractivity contribution in [3.05, 3.63) is 28.8 Å². The molecule has 144 valence electrons. The molecule has 2 aliphatic rings. The second-order valence-corrected chi connectivity index (χ2v) is 8.90. The van der Waals surface area contributed by atoms with Gasteiger partial charge < -0.3 is 15.1 Å². The first-order valence-electron chi connectivity index (χ1n) is 9.99. The number of benzene rings is 1. The van der Waals surface area contributed by atoms with Crippen LogP contribution < -0.4 is 5.32 Å². The van der Waals surface area contributed by atoms with E-state index in [1.54, 1.807) is 0 Å². The number of hydrogen-bond donors (Lipinski definition) is 1. The maximum absolute atomic E-state index is 6.22. The van der Waals surface area contributed by atoms with Gasteiger partial charge in [0.25, 0.3) is 0 Å². The summed E-state index contributed by atoms with van der Waals surface area (Å²) in [5.74, 6) is 0.834. The molecule has 2 fully saturated rings. The molecule has 3 rings (SSSR count). The Morgan fingerprint density at radius 1 is 1.19 bits per heavy atom. The Morgan fingerprint density at radius 3 is 2.54 bits per heavy atom. The minimum absolute atomic E-state index is 0.688. The molecule has 1 N–H and O–H groups in total. The highest BCUT2D eigenvalue weighted by Crippen LogP contribution is 2.30. The SMILES string of the molecule is Cc1ccc(NC(=S)N2CCC(N(C)[C@@H]3CCCC[C@@H]3C)CC2)cc1Cl. The molecule has 0 aromatic heterocycles. The van der Waals surface area contributed by atoms with Crippen molar-refractivity contribution in [1.82, 2.24) is 9.80 Å². The maximum atomic E-state index is 6.22. The Kier molecular flexibility index (Phi) is 6.81. The zero-order valence-electron chi connectivity index (χ0n) is 16.3. The van der Waals surface area contributed by atoms with Crippen LogP contribution in [0.3, 0.4) is 0 Å². The molecule has 1 saturated heterocycles. The highest BCUT2D eigenvalue weighted by molar-refractivity contribution is 7.80. The third-order valence-corrected chi connectivity index (χ3v) is 7.11. The van der Waals surface area contributed by atoms with Crippen molar-refractivity contribution in [2.24, 2.45) is 5.92 Å². The number of thiocarbonyl (C=S) groups is 1. The number of nitrogens with zero attached hydrogens (tertiary/aromatic N) is 2. The van der Waals surface area contributed by atoms with E-state index in [4.69, 9.17) is 23.8 Å². The first-order valence-corrected chi connectivity index (χ1v) is 10.8. The molecule has 1 aromatic carbocycles. The molecule has 2 atom stereocenters. The minimum atomic E-state index is 0.688. The van der Waals surface area contributed by atoms with Crippen molar-refractivity contribution < 1.29 is 0 Å². The molecule has 26 heavy (non-hydrogen) atoms. The molecular formula is C21H32ClN3S. The first kappa shape index (κ1) is 19.9. The lowest BCUT2D eigenvalue weighted by Crippen LogP contribution is -2.51. The van der Waals surface area contributed by atoms with Gasteiger partial charge in [-0.25, -0.2) is 0 Å². The van der Waals surface area contributed by atoms with Gasteiger partial charge >= 0.3 is 0 Å². The van der Waals surface area contributed by atoms with Crippen LogP contribution in [0.5, 0.6) is 0 Å². The normalized spacial score (nSPS) is 24.7. The lowest BCUT2D eigenvalue weighted by Gasteiger charge is -2.44. The molecule has 0 unspecified atom stereocenters. The fraction of sp³-hybridized carbons (Fsp3) is 0.667. The standard InChI is InChI=1S/C21H32ClN3S/c1-15-8-9-17(14-19(15)22)23-21(26)25-12-10-18(11-13-25)24(3)20-7-5-4-6-16(20)2/h8-9,14,16,18,20H,4-7,10-13H2,1-3H3,(H,23,26)/t16-,20+/m0/s1. The number of anilines is 1. The molecule has 0 amide bonds. The lowest BCUT2D eigenvalue weighted by atomic mass is 9.84. The number of likely N-dealkylation sites (tertiary alicyclic amines) is 1. The van der Waals surface area contributed by atoms with Crippen LogP contribution >= 0.6 is 23.8 Å². The van der Waals surface area contributed by atoms with Crippen LogP contribution in [0.1, 0.15) is 51.0 Å². The van der Waals surface area contributed by atoms with E-state index in [9.17, 15) is 0 Å². The summed E-state index contributed by atoms with van der Waals surface area (Å²) in [7, 11) is 2.34. The van der Waals surface area contributed by atoms with E-state index in [2.05, 4.69) is 29.1 Å². The molecule has 0 bridgehead atoms. The topological polar surface area (TPSA) is 18.5 Å². The summed E-state index contributed by atoms with van der Waals surface area (Å²) in [6.07, 6.45) is 7.94. The van der Waals surface area contributed by atoms with Crippen molar-refractivity contribution in [3.8, 4) is 0 Å². The predicted molar refractivity (Wildman–Crippen MR) is 116 cm³/mol. The zero-order valence-corrected chi connectivity index (χ0v) is 17.9. The van der Waals surface area contributed by atoms with Crippen LogP contribution in [0.25, 0.3) is 0 Å². The summed E-state index contributed by atoms with van der Waals surface area (Å²) < 4.78 is 0. The van der Waals surface area contributed by atoms with Gasteiger partial charge in [0.05, 0.1) is 0 Å². The fourth-order valence-corrected chi connectivity index (χ4v) is 5.00. The van der Waals surface area contributed by atoms with Crippen molar-refractivity contribution in [2.75, 3.05) is 25.5 Å². The molecule has 1 saturated carbocycles. The summed E-state index contributed by atoms with van der Waals surface area (Å²) in [4.78, 5) is 4.98. The number of hydrogen-bond acceptors (Lipinski definition) is 2. The van der Waals surface area contributed by atoms with Crippen molar-refractivity contribution in [1.29, 1.82) is 0 Å². The number of halogens is 1. The molecular weight excluding hydrogens is 362 g/mol. The van der Waals surface area contributed by atoms with Crippen molar-refractivity contribution in [2.45, 2.75) is 64.5 Å². The van der Waals surface area contributed by atoms with Gasteiger partial charge in [-0.05, 0) is 75.5 Å². The predicted octanol–water partition coefficient (Wildman–Crippen LogP) is 5.32. The Hall–Kier alpha value is -0.840. The van der Waals surface area contributed by atoms with Gasteiger partial charge in [-0.2, -0.15) is 0 Å². The van der Waals surface area contributed by atoms with E-state index in [0.29, 0.717) is 6.04 Å². The van der Waals surface area contributed by atoms with Gasteiger partial charge in [0, 0.05) is 35.9 Å². The highest BCUT2D eigenvalue weighted by atomic mass is 35.5. The van der Waals surface area contributed by atoms with Crippen LogP contribution in [0.2, 0.25) is 5.02 Å². The molecule has 1 aromatic rings. The molecule has 1 aliphatic carbocycles. The van der Waals surface area contributed by atoms with Gasteiger partial charge in [-0.3, -0.25) is 0 Å². The Bertz CT molecular complexity index is 628. The summed E-state index contributed by atoms with van der Waals surface area (Å²) in [6, 6.07) is 7.47. The van der Waals surface area contributed by atoms with Crippen LogP contribution in [0, 0.1) is 12.8 Å². The van der Waals surface area contributed by atoms with E-state index in [-0.39, 0.29) is 0 Å². The zero-order chi connectivity index (χ0) is 18.7. The molecule has 3 nitrogen and oxygen atoms in total. The van der Waals surface area contributed by atoms with Gasteiger partial charge in [0.15, 0.2) is 5.11 Å². The van der Waals surface area contributed by atoms with Crippen LogP contribution in [0.15, 0.2) is 18.2 Å². The third kappa shape index (κ3) is 4.71. The average Bonchev–Trinajstić information content (AvgIpc) is 2.65. The molecule has 1 aliphatic heterocycles. The highest BCUT2D eigenvalue weighted by Gasteiger charge is 2.31. The van der Waals surface area contributed by atoms with Gasteiger partial charge in [-0.15, -0.1) is 0 Å². The van der Waals surface area contributed by atoms with Gasteiger partial charge in [0.2, 0.25) is 0 Å². The number of aryl methyl sites for hydroxylation is 1. The van der Waals surface area contributed by atoms with Crippen LogP contribution in [0.4, 0.5) is 5.69 Å². The van der Waals surface area contributed by atoms with Crippen LogP contribution in [-0.4, -0.2) is 47.1 Å². The van der Waals surface area contributed by atoms with Crippen LogP contribution in [-0.2, 0) is 0 Å². The van der Waals surface area contributed by atoms with E-state index >= 15 is 0 Å². The Morgan fingerprint density at radius 2 is 1.88 bits per heavy atom. The van der Waals surface area contributed by atoms with Crippen molar-refractivity contribution >= 4 is 34.6 Å². The number of nitrogens with one attached hydrogen (secondary N) is 1. The summed E-state index contributed by atoms with van der Waals surface area (Å²) in [5.41, 5.74) is 2.06. The molecule has 0 spiro atoms. The summed E-state index contributed by atoms with van der Waals surface area (Å²) >= 11 is 11.9. The second-order valence-electron chi connectivity index (χ2n) is 8.11. The van der Waals surface area contributed by atoms with Gasteiger partial charge in [0.1, 0.15) is 0 Å². The Balaban J connectivity index is 1.51. The number of rotatable bonds is 3. The quantitative estimate of drug-likeness (QED) is 0.700. The first-order chi connectivity index (χ1) is 12.5. The largest absolute Gasteiger partial charge is 0.349 e. The van der Waals surface area contributed by atoms with E-state index in [1.165, 1.54) is 38.5 Å². The van der Waals surface area contributed by atoms with Gasteiger partial charge in [-0.1, -0.05) is 37.4 Å². The average molecular weight is 394 g/mol. The lowest BCUT2D eigenvalue weighted by molar-refractivity contribution is 0.0691. The number of piperidine rings is 1. The molecule has 1 heterocycles. The van der Waals surface area contributed by atoms with E-state index in [1.807, 2.05) is 25.1 Å². The minimum Gasteiger partial charge on any atom is -0.349 e. The smallest absolute Gasteiger partial charge is 0.173 e. The molecule has 0 radical (unpaired) electrons. The maximum Gasteiger partial charge on any atom is 0.173 e. The summed E-state index contributed by atoms with van der Waals surface area (Å²) in [5, 5.41) is 4.95. The van der Waals surface area contributed by atoms with E-state index < -0.39 is 0 Å². The van der Waals surface area contributed by atoms with Crippen molar-refractivity contribution in [3.63, 3.8) is 0 Å². The molecule has 5 heteroatoms. The second kappa shape index (κ2) is 8.90. The Labute approximate surface area is 169 Å². The fourth-order valence-electron chi connectivity index (χ4n) is 4.52. The summed E-state index contributed by atoms with van der Waals surface area (Å²) in [6.45, 7) is 6.50. The monoisotopic (exact) mass is 393 g/mol.